The fourth-order valence-corrected chi connectivity index (χ4v) is 0.818. The summed E-state index contributed by atoms with van der Waals surface area (Å²) in [6.45, 7) is 0.888. The van der Waals surface area contributed by atoms with Crippen LogP contribution in [-0.2, 0) is 4.79 Å². The van der Waals surface area contributed by atoms with Crippen molar-refractivity contribution in [2.75, 3.05) is 6.54 Å². The molecule has 1 N–H and O–H groups in total. The van der Waals surface area contributed by atoms with Gasteiger partial charge in [0.2, 0.25) is 5.91 Å². The van der Waals surface area contributed by atoms with Gasteiger partial charge in [0.1, 0.15) is 6.33 Å². The van der Waals surface area contributed by atoms with Crippen molar-refractivity contribution in [3.63, 3.8) is 0 Å². The highest BCUT2D eigenvalue weighted by atomic mass is 16.1. The number of carbonyl (C=O) groups excluding carboxylic acids is 1. The van der Waals surface area contributed by atoms with Gasteiger partial charge in [-0.05, 0) is 12.5 Å². The number of amides is 1. The molecule has 0 aromatic carbocycles. The van der Waals surface area contributed by atoms with Crippen molar-refractivity contribution in [2.24, 2.45) is 0 Å². The van der Waals surface area contributed by atoms with E-state index in [1.165, 1.54) is 6.33 Å². The van der Waals surface area contributed by atoms with E-state index in [2.05, 4.69) is 15.3 Å². The first-order chi connectivity index (χ1) is 5.89. The topological polar surface area (TPSA) is 54.9 Å². The van der Waals surface area contributed by atoms with Crippen molar-refractivity contribution in [1.29, 1.82) is 0 Å². The fourth-order valence-electron chi connectivity index (χ4n) is 0.818. The van der Waals surface area contributed by atoms with Gasteiger partial charge in [-0.1, -0.05) is 0 Å². The van der Waals surface area contributed by atoms with E-state index in [4.69, 9.17) is 0 Å². The Labute approximate surface area is 71.0 Å². The van der Waals surface area contributed by atoms with Crippen LogP contribution >= 0.6 is 0 Å². The highest BCUT2D eigenvalue weighted by Crippen LogP contribution is 1.93. The zero-order valence-corrected chi connectivity index (χ0v) is 6.73. The molecule has 2 heterocycles. The van der Waals surface area contributed by atoms with Crippen molar-refractivity contribution >= 4 is 5.91 Å². The molecule has 0 spiro atoms. The summed E-state index contributed by atoms with van der Waals surface area (Å²) in [5.74, 6) is 0.204. The van der Waals surface area contributed by atoms with Gasteiger partial charge in [-0.2, -0.15) is 0 Å². The summed E-state index contributed by atoms with van der Waals surface area (Å²) in [6, 6.07) is 1.78. The molecule has 0 radical (unpaired) electrons. The monoisotopic (exact) mass is 165 g/mol. The normalized spacial score (nSPS) is 14.5. The summed E-state index contributed by atoms with van der Waals surface area (Å²) in [7, 11) is 0. The van der Waals surface area contributed by atoms with Crippen molar-refractivity contribution in [3.05, 3.63) is 24.8 Å². The third-order valence-electron chi connectivity index (χ3n) is 1.38. The first-order valence-electron chi connectivity index (χ1n) is 3.86. The SMILES string of the molecule is O=C1CCCN1.c1cncnc1. The predicted octanol–water partition coefficient (Wildman–Crippen LogP) is 0.373. The van der Waals surface area contributed by atoms with E-state index < -0.39 is 0 Å². The molecule has 1 aromatic heterocycles. The minimum absolute atomic E-state index is 0.204. The van der Waals surface area contributed by atoms with E-state index in [0.717, 1.165) is 19.4 Å². The molecule has 1 fully saturated rings. The van der Waals surface area contributed by atoms with Gasteiger partial charge in [-0.25, -0.2) is 9.97 Å². The molecule has 0 atom stereocenters. The lowest BCUT2D eigenvalue weighted by Gasteiger charge is -1.80. The Morgan fingerprint density at radius 2 is 2.08 bits per heavy atom. The zero-order chi connectivity index (χ0) is 8.65. The summed E-state index contributed by atoms with van der Waals surface area (Å²) in [5, 5.41) is 2.68. The highest BCUT2D eigenvalue weighted by molar-refractivity contribution is 5.77. The molecule has 4 nitrogen and oxygen atoms in total. The lowest BCUT2D eigenvalue weighted by molar-refractivity contribution is -0.119. The average molecular weight is 165 g/mol. The lowest BCUT2D eigenvalue weighted by Crippen LogP contribution is -2.12. The van der Waals surface area contributed by atoms with Crippen LogP contribution in [0.15, 0.2) is 24.8 Å². The third-order valence-corrected chi connectivity index (χ3v) is 1.38. The second kappa shape index (κ2) is 5.23. The Kier molecular flexibility index (Phi) is 3.77. The van der Waals surface area contributed by atoms with Crippen LogP contribution in [0.25, 0.3) is 0 Å². The molecule has 0 bridgehead atoms. The van der Waals surface area contributed by atoms with Crippen LogP contribution in [0.5, 0.6) is 0 Å². The minimum Gasteiger partial charge on any atom is -0.356 e. The van der Waals surface area contributed by atoms with Crippen molar-refractivity contribution < 1.29 is 4.79 Å². The lowest BCUT2D eigenvalue weighted by atomic mass is 10.4. The number of aromatic nitrogens is 2. The molecule has 1 aliphatic heterocycles. The molecule has 12 heavy (non-hydrogen) atoms. The maximum atomic E-state index is 10.1. The Hall–Kier alpha value is -1.45. The number of hydrogen-bond donors (Lipinski definition) is 1. The number of carbonyl (C=O) groups is 1. The van der Waals surface area contributed by atoms with Gasteiger partial charge < -0.3 is 5.32 Å². The molecule has 1 amide bonds. The number of rotatable bonds is 0. The summed E-state index contributed by atoms with van der Waals surface area (Å²) in [5.41, 5.74) is 0. The van der Waals surface area contributed by atoms with Crippen LogP contribution in [0.2, 0.25) is 0 Å². The molecule has 0 aliphatic carbocycles. The first kappa shape index (κ1) is 8.64. The standard InChI is InChI=1S/C4H4N2.C4H7NO/c1-2-5-4-6-3-1;6-4-2-1-3-5-4/h1-4H;1-3H2,(H,5,6). The van der Waals surface area contributed by atoms with Crippen molar-refractivity contribution in [2.45, 2.75) is 12.8 Å². The Bertz CT molecular complexity index is 190. The first-order valence-corrected chi connectivity index (χ1v) is 3.86. The van der Waals surface area contributed by atoms with Gasteiger partial charge >= 0.3 is 0 Å². The molecular formula is C8H11N3O. The van der Waals surface area contributed by atoms with E-state index in [-0.39, 0.29) is 5.91 Å². The summed E-state index contributed by atoms with van der Waals surface area (Å²) < 4.78 is 0. The molecule has 4 heteroatoms. The maximum absolute atomic E-state index is 10.1. The van der Waals surface area contributed by atoms with Crippen LogP contribution < -0.4 is 5.32 Å². The van der Waals surface area contributed by atoms with Gasteiger partial charge in [0.25, 0.3) is 0 Å². The molecule has 1 aliphatic rings. The van der Waals surface area contributed by atoms with Crippen LogP contribution in [-0.4, -0.2) is 22.4 Å². The van der Waals surface area contributed by atoms with Crippen LogP contribution in [0.1, 0.15) is 12.8 Å². The molecule has 64 valence electrons. The van der Waals surface area contributed by atoms with Gasteiger partial charge in [0, 0.05) is 25.4 Å². The molecular weight excluding hydrogens is 154 g/mol. The van der Waals surface area contributed by atoms with Gasteiger partial charge in [-0.3, -0.25) is 4.79 Å². The van der Waals surface area contributed by atoms with Crippen LogP contribution in [0, 0.1) is 0 Å². The molecule has 1 aromatic rings. The van der Waals surface area contributed by atoms with E-state index in [9.17, 15) is 4.79 Å². The Morgan fingerprint density at radius 3 is 2.25 bits per heavy atom. The van der Waals surface area contributed by atoms with E-state index >= 15 is 0 Å². The molecule has 0 unspecified atom stereocenters. The second-order valence-corrected chi connectivity index (χ2v) is 2.36. The number of nitrogens with one attached hydrogen (secondary N) is 1. The van der Waals surface area contributed by atoms with Gasteiger partial charge in [-0.15, -0.1) is 0 Å². The minimum atomic E-state index is 0.204. The predicted molar refractivity (Wildman–Crippen MR) is 44.3 cm³/mol. The Balaban J connectivity index is 0.000000120. The summed E-state index contributed by atoms with van der Waals surface area (Å²) >= 11 is 0. The van der Waals surface area contributed by atoms with Gasteiger partial charge in [0.05, 0.1) is 0 Å². The third kappa shape index (κ3) is 3.65. The summed E-state index contributed by atoms with van der Waals surface area (Å²) in [6.07, 6.45) is 6.64. The largest absolute Gasteiger partial charge is 0.356 e. The maximum Gasteiger partial charge on any atom is 0.220 e. The van der Waals surface area contributed by atoms with Crippen molar-refractivity contribution in [1.82, 2.24) is 15.3 Å². The fraction of sp³-hybridized carbons (Fsp3) is 0.375. The van der Waals surface area contributed by atoms with Crippen molar-refractivity contribution in [3.8, 4) is 0 Å². The molecule has 0 saturated carbocycles. The van der Waals surface area contributed by atoms with E-state index in [1.54, 1.807) is 18.5 Å². The van der Waals surface area contributed by atoms with Crippen LogP contribution in [0.3, 0.4) is 0 Å². The van der Waals surface area contributed by atoms with E-state index in [1.807, 2.05) is 0 Å². The number of hydrogen-bond acceptors (Lipinski definition) is 3. The number of nitrogens with zero attached hydrogens (tertiary/aromatic N) is 2. The zero-order valence-electron chi connectivity index (χ0n) is 6.73. The summed E-state index contributed by atoms with van der Waals surface area (Å²) in [4.78, 5) is 17.5. The van der Waals surface area contributed by atoms with Crippen LogP contribution in [0.4, 0.5) is 0 Å². The van der Waals surface area contributed by atoms with Gasteiger partial charge in [0.15, 0.2) is 0 Å². The smallest absolute Gasteiger partial charge is 0.220 e. The average Bonchev–Trinajstić information content (AvgIpc) is 2.60. The molecule has 2 rings (SSSR count). The quantitative estimate of drug-likeness (QED) is 0.604. The Morgan fingerprint density at radius 1 is 1.33 bits per heavy atom. The second-order valence-electron chi connectivity index (χ2n) is 2.36. The highest BCUT2D eigenvalue weighted by Gasteiger charge is 2.05. The van der Waals surface area contributed by atoms with E-state index in [0.29, 0.717) is 0 Å². The molecule has 1 saturated heterocycles.